The van der Waals surface area contributed by atoms with Gasteiger partial charge in [-0.15, -0.1) is 0 Å². The van der Waals surface area contributed by atoms with Crippen molar-refractivity contribution in [1.29, 1.82) is 0 Å². The van der Waals surface area contributed by atoms with Crippen LogP contribution in [-0.2, 0) is 6.42 Å². The first-order valence-electron chi connectivity index (χ1n) is 8.57. The molecule has 0 aliphatic heterocycles. The summed E-state index contributed by atoms with van der Waals surface area (Å²) in [6.45, 7) is 2.20. The third kappa shape index (κ3) is 3.77. The third-order valence-electron chi connectivity index (χ3n) is 5.01. The van der Waals surface area contributed by atoms with E-state index < -0.39 is 11.8 Å². The number of rotatable bonds is 4. The van der Waals surface area contributed by atoms with E-state index in [0.29, 0.717) is 11.8 Å². The van der Waals surface area contributed by atoms with E-state index in [2.05, 4.69) is 36.2 Å². The second kappa shape index (κ2) is 7.20. The van der Waals surface area contributed by atoms with Crippen molar-refractivity contribution in [1.82, 2.24) is 4.98 Å². The van der Waals surface area contributed by atoms with Crippen LogP contribution in [0.5, 0.6) is 0 Å². The zero-order chi connectivity index (χ0) is 16.2. The van der Waals surface area contributed by atoms with E-state index in [4.69, 9.17) is 0 Å². The van der Waals surface area contributed by atoms with E-state index in [1.165, 1.54) is 29.8 Å². The van der Waals surface area contributed by atoms with Gasteiger partial charge in [0.1, 0.15) is 0 Å². The van der Waals surface area contributed by atoms with Crippen molar-refractivity contribution in [2.24, 2.45) is 0 Å². The number of aryl methyl sites for hydroxylation is 1. The Labute approximate surface area is 136 Å². The Kier molecular flexibility index (Phi) is 5.04. The average Bonchev–Trinajstić information content (AvgIpc) is 2.59. The Morgan fingerprint density at radius 2 is 1.57 bits per heavy atom. The van der Waals surface area contributed by atoms with Gasteiger partial charge in [0.2, 0.25) is 5.95 Å². The van der Waals surface area contributed by atoms with E-state index in [9.17, 15) is 8.78 Å². The molecule has 1 saturated carbocycles. The molecule has 2 aromatic rings. The van der Waals surface area contributed by atoms with Crippen molar-refractivity contribution in [2.45, 2.75) is 57.3 Å². The van der Waals surface area contributed by atoms with Crippen LogP contribution in [0.2, 0.25) is 0 Å². The SMILES string of the molecule is CCCc1ccc(C2CCC(c3cnc(F)c(F)c3)CC2)cc1. The van der Waals surface area contributed by atoms with Crippen molar-refractivity contribution >= 4 is 0 Å². The molecule has 1 aliphatic rings. The molecule has 0 bridgehead atoms. The van der Waals surface area contributed by atoms with Crippen molar-refractivity contribution in [3.8, 4) is 0 Å². The molecule has 0 unspecified atom stereocenters. The van der Waals surface area contributed by atoms with Crippen molar-refractivity contribution in [3.05, 3.63) is 65.0 Å². The Hall–Kier alpha value is -1.77. The molecule has 3 rings (SSSR count). The fourth-order valence-electron chi connectivity index (χ4n) is 3.66. The number of hydrogen-bond donors (Lipinski definition) is 0. The molecule has 1 aliphatic carbocycles. The molecule has 0 amide bonds. The molecule has 0 N–H and O–H groups in total. The summed E-state index contributed by atoms with van der Waals surface area (Å²) in [5.74, 6) is -0.959. The summed E-state index contributed by atoms with van der Waals surface area (Å²) in [5.41, 5.74) is 3.64. The van der Waals surface area contributed by atoms with Gasteiger partial charge in [-0.25, -0.2) is 9.37 Å². The fraction of sp³-hybridized carbons (Fsp3) is 0.450. The van der Waals surface area contributed by atoms with Gasteiger partial charge in [-0.05, 0) is 66.7 Å². The minimum absolute atomic E-state index is 0.299. The highest BCUT2D eigenvalue weighted by Crippen LogP contribution is 2.40. The number of aromatic nitrogens is 1. The topological polar surface area (TPSA) is 12.9 Å². The summed E-state index contributed by atoms with van der Waals surface area (Å²) in [6, 6.07) is 10.3. The maximum atomic E-state index is 13.3. The molecular formula is C20H23F2N. The molecule has 1 fully saturated rings. The summed E-state index contributed by atoms with van der Waals surface area (Å²) in [7, 11) is 0. The molecule has 0 atom stereocenters. The predicted molar refractivity (Wildman–Crippen MR) is 88.5 cm³/mol. The molecule has 0 radical (unpaired) electrons. The quantitative estimate of drug-likeness (QED) is 0.654. The van der Waals surface area contributed by atoms with Crippen LogP contribution >= 0.6 is 0 Å². The van der Waals surface area contributed by atoms with Gasteiger partial charge in [-0.2, -0.15) is 4.39 Å². The summed E-state index contributed by atoms with van der Waals surface area (Å²) in [6.07, 6.45) is 8.00. The average molecular weight is 315 g/mol. The number of pyridine rings is 1. The zero-order valence-corrected chi connectivity index (χ0v) is 13.6. The lowest BCUT2D eigenvalue weighted by molar-refractivity contribution is 0.392. The zero-order valence-electron chi connectivity index (χ0n) is 13.6. The summed E-state index contributed by atoms with van der Waals surface area (Å²) in [5, 5.41) is 0. The van der Waals surface area contributed by atoms with Gasteiger partial charge in [0, 0.05) is 6.20 Å². The number of halogens is 2. The Morgan fingerprint density at radius 1 is 0.957 bits per heavy atom. The van der Waals surface area contributed by atoms with E-state index >= 15 is 0 Å². The van der Waals surface area contributed by atoms with Gasteiger partial charge >= 0.3 is 0 Å². The van der Waals surface area contributed by atoms with Crippen LogP contribution in [0.25, 0.3) is 0 Å². The van der Waals surface area contributed by atoms with Crippen molar-refractivity contribution in [3.63, 3.8) is 0 Å². The lowest BCUT2D eigenvalue weighted by atomic mass is 9.76. The first-order valence-corrected chi connectivity index (χ1v) is 8.57. The molecule has 1 heterocycles. The molecule has 3 heteroatoms. The lowest BCUT2D eigenvalue weighted by Crippen LogP contribution is -2.13. The molecule has 0 spiro atoms. The minimum Gasteiger partial charge on any atom is -0.225 e. The fourth-order valence-corrected chi connectivity index (χ4v) is 3.66. The smallest absolute Gasteiger partial charge is 0.225 e. The minimum atomic E-state index is -1.00. The largest absolute Gasteiger partial charge is 0.248 e. The maximum Gasteiger partial charge on any atom is 0.248 e. The monoisotopic (exact) mass is 315 g/mol. The maximum absolute atomic E-state index is 13.3. The Bertz CT molecular complexity index is 643. The molecular weight excluding hydrogens is 292 g/mol. The van der Waals surface area contributed by atoms with Crippen LogP contribution in [0.15, 0.2) is 36.5 Å². The first-order chi connectivity index (χ1) is 11.2. The van der Waals surface area contributed by atoms with E-state index in [0.717, 1.165) is 37.7 Å². The van der Waals surface area contributed by atoms with Gasteiger partial charge in [0.15, 0.2) is 5.82 Å². The van der Waals surface area contributed by atoms with Crippen molar-refractivity contribution < 1.29 is 8.78 Å². The highest BCUT2D eigenvalue weighted by molar-refractivity contribution is 5.27. The van der Waals surface area contributed by atoms with Gasteiger partial charge in [-0.1, -0.05) is 37.6 Å². The molecule has 1 aromatic heterocycles. The first kappa shape index (κ1) is 16.1. The normalized spacial score (nSPS) is 21.3. The standard InChI is InChI=1S/C20H23F2N/c1-2-3-14-4-6-15(7-5-14)16-8-10-17(11-9-16)18-12-19(21)20(22)23-13-18/h4-7,12-13,16-17H,2-3,8-11H2,1H3. The van der Waals surface area contributed by atoms with Gasteiger partial charge in [0.05, 0.1) is 0 Å². The summed E-state index contributed by atoms with van der Waals surface area (Å²) >= 11 is 0. The number of hydrogen-bond acceptors (Lipinski definition) is 1. The van der Waals surface area contributed by atoms with E-state index in [-0.39, 0.29) is 0 Å². The highest BCUT2D eigenvalue weighted by atomic mass is 19.2. The van der Waals surface area contributed by atoms with E-state index in [1.807, 2.05) is 0 Å². The third-order valence-corrected chi connectivity index (χ3v) is 5.01. The van der Waals surface area contributed by atoms with Crippen LogP contribution in [0.1, 0.15) is 67.6 Å². The van der Waals surface area contributed by atoms with Gasteiger partial charge in [-0.3, -0.25) is 0 Å². The Balaban J connectivity index is 1.62. The predicted octanol–water partition coefficient (Wildman–Crippen LogP) is 5.75. The van der Waals surface area contributed by atoms with E-state index in [1.54, 1.807) is 0 Å². The lowest BCUT2D eigenvalue weighted by Gasteiger charge is -2.29. The molecule has 1 aromatic carbocycles. The van der Waals surface area contributed by atoms with Crippen LogP contribution in [-0.4, -0.2) is 4.98 Å². The number of benzene rings is 1. The van der Waals surface area contributed by atoms with Gasteiger partial charge in [0.25, 0.3) is 0 Å². The second-order valence-electron chi connectivity index (χ2n) is 6.58. The van der Waals surface area contributed by atoms with Crippen molar-refractivity contribution in [2.75, 3.05) is 0 Å². The molecule has 0 saturated heterocycles. The summed E-state index contributed by atoms with van der Waals surface area (Å²) < 4.78 is 26.3. The molecule has 1 nitrogen and oxygen atoms in total. The van der Waals surface area contributed by atoms with Crippen LogP contribution in [0, 0.1) is 11.8 Å². The number of nitrogens with zero attached hydrogens (tertiary/aromatic N) is 1. The van der Waals surface area contributed by atoms with Gasteiger partial charge < -0.3 is 0 Å². The summed E-state index contributed by atoms with van der Waals surface area (Å²) in [4.78, 5) is 3.52. The Morgan fingerprint density at radius 3 is 2.13 bits per heavy atom. The van der Waals surface area contributed by atoms with Crippen LogP contribution in [0.4, 0.5) is 8.78 Å². The second-order valence-corrected chi connectivity index (χ2v) is 6.58. The van der Waals surface area contributed by atoms with Crippen LogP contribution in [0.3, 0.4) is 0 Å². The molecule has 23 heavy (non-hydrogen) atoms. The molecule has 122 valence electrons. The van der Waals surface area contributed by atoms with Crippen LogP contribution < -0.4 is 0 Å². The highest BCUT2D eigenvalue weighted by Gasteiger charge is 2.24.